The zero-order chi connectivity index (χ0) is 21.1. The van der Waals surface area contributed by atoms with Gasteiger partial charge in [0.05, 0.1) is 0 Å². The molecule has 0 amide bonds. The third kappa shape index (κ3) is 3.63. The van der Waals surface area contributed by atoms with Crippen molar-refractivity contribution in [3.05, 3.63) is 113 Å². The predicted molar refractivity (Wildman–Crippen MR) is 129 cm³/mol. The number of rotatable bonds is 7. The van der Waals surface area contributed by atoms with Gasteiger partial charge in [-0.15, -0.1) is 0 Å². The van der Waals surface area contributed by atoms with Crippen molar-refractivity contribution >= 4 is 44.2 Å². The molecule has 1 heterocycles. The van der Waals surface area contributed by atoms with Gasteiger partial charge >= 0.3 is 182 Å². The standard InChI is InChI=1S/C24H23O3PS2/c1-30(25,26)27-28(20-24-18-11-19-29-24,21-12-5-2-6-13-21,22-14-7-3-8-15-22)23-16-9-4-10-17-23/h2-19H,20H2,1H3. The van der Waals surface area contributed by atoms with Crippen LogP contribution in [0.4, 0.5) is 0 Å². The first kappa shape index (κ1) is 21.0. The van der Waals surface area contributed by atoms with Gasteiger partial charge in [-0.1, -0.05) is 0 Å². The van der Waals surface area contributed by atoms with Crippen molar-refractivity contribution in [2.45, 2.75) is 6.16 Å². The van der Waals surface area contributed by atoms with Crippen LogP contribution in [0, 0.1) is 0 Å². The normalized spacial score (nSPS) is 13.4. The molecule has 4 rings (SSSR count). The van der Waals surface area contributed by atoms with Crippen LogP contribution in [0.15, 0.2) is 109 Å². The van der Waals surface area contributed by atoms with Crippen molar-refractivity contribution in [1.82, 2.24) is 0 Å². The van der Waals surface area contributed by atoms with E-state index in [1.54, 1.807) is 11.3 Å². The minimum absolute atomic E-state index is 0.467. The van der Waals surface area contributed by atoms with Gasteiger partial charge in [0.1, 0.15) is 0 Å². The van der Waals surface area contributed by atoms with Gasteiger partial charge < -0.3 is 0 Å². The molecular weight excluding hydrogens is 431 g/mol. The Morgan fingerprint density at radius 3 is 1.47 bits per heavy atom. The molecule has 154 valence electrons. The summed E-state index contributed by atoms with van der Waals surface area (Å²) in [5.74, 6) is 0. The molecule has 0 radical (unpaired) electrons. The molecule has 6 heteroatoms. The Bertz CT molecular complexity index is 1110. The van der Waals surface area contributed by atoms with Crippen LogP contribution in [0.5, 0.6) is 0 Å². The molecule has 0 aliphatic heterocycles. The van der Waals surface area contributed by atoms with Crippen molar-refractivity contribution < 1.29 is 12.4 Å². The van der Waals surface area contributed by atoms with Gasteiger partial charge in [-0.3, -0.25) is 0 Å². The molecule has 0 unspecified atom stereocenters. The molecule has 30 heavy (non-hydrogen) atoms. The zero-order valence-electron chi connectivity index (χ0n) is 16.6. The number of hydrogen-bond acceptors (Lipinski definition) is 4. The Hall–Kier alpha value is -2.30. The maximum atomic E-state index is 12.9. The third-order valence-electron chi connectivity index (χ3n) is 5.24. The first-order valence-electron chi connectivity index (χ1n) is 9.56. The second kappa shape index (κ2) is 8.09. The van der Waals surface area contributed by atoms with Gasteiger partial charge in [-0.05, 0) is 0 Å². The number of benzene rings is 3. The van der Waals surface area contributed by atoms with Crippen LogP contribution in [0.25, 0.3) is 0 Å². The van der Waals surface area contributed by atoms with Crippen LogP contribution in [0.3, 0.4) is 0 Å². The molecule has 0 fully saturated rings. The van der Waals surface area contributed by atoms with E-state index < -0.39 is 16.9 Å². The molecule has 3 nitrogen and oxygen atoms in total. The van der Waals surface area contributed by atoms with E-state index >= 15 is 0 Å². The fraction of sp³-hybridized carbons (Fsp3) is 0.0833. The predicted octanol–water partition coefficient (Wildman–Crippen LogP) is 4.67. The van der Waals surface area contributed by atoms with E-state index in [0.717, 1.165) is 27.0 Å². The maximum absolute atomic E-state index is 12.9. The van der Waals surface area contributed by atoms with Crippen LogP contribution >= 0.6 is 18.2 Å². The van der Waals surface area contributed by atoms with Gasteiger partial charge in [0.25, 0.3) is 0 Å². The van der Waals surface area contributed by atoms with Crippen LogP contribution in [-0.4, -0.2) is 14.7 Å². The van der Waals surface area contributed by atoms with E-state index in [0.29, 0.717) is 6.16 Å². The summed E-state index contributed by atoms with van der Waals surface area (Å²) in [5.41, 5.74) is 0. The fourth-order valence-electron chi connectivity index (χ4n) is 4.11. The van der Waals surface area contributed by atoms with E-state index in [1.807, 2.05) is 109 Å². The summed E-state index contributed by atoms with van der Waals surface area (Å²) in [4.78, 5) is 1.08. The fourth-order valence-corrected chi connectivity index (χ4v) is 13.8. The summed E-state index contributed by atoms with van der Waals surface area (Å²) >= 11 is 1.62. The van der Waals surface area contributed by atoms with Gasteiger partial charge in [0, 0.05) is 0 Å². The molecule has 3 aromatic carbocycles. The summed E-state index contributed by atoms with van der Waals surface area (Å²) in [5, 5.41) is 4.68. The number of thiophene rings is 1. The molecular formula is C24H23O3PS2. The summed E-state index contributed by atoms with van der Waals surface area (Å²) in [6.45, 7) is -3.92. The van der Waals surface area contributed by atoms with E-state index in [-0.39, 0.29) is 0 Å². The van der Waals surface area contributed by atoms with E-state index in [4.69, 9.17) is 3.97 Å². The summed E-state index contributed by atoms with van der Waals surface area (Å²) < 4.78 is 32.3. The Balaban J connectivity index is 2.23. The molecule has 0 saturated carbocycles. The van der Waals surface area contributed by atoms with E-state index in [1.165, 1.54) is 0 Å². The molecule has 0 bridgehead atoms. The molecule has 0 aliphatic rings. The summed E-state index contributed by atoms with van der Waals surface area (Å²) in [6, 6.07) is 33.5. The van der Waals surface area contributed by atoms with Gasteiger partial charge in [-0.2, -0.15) is 0 Å². The topological polar surface area (TPSA) is 43.4 Å². The molecule has 0 spiro atoms. The van der Waals surface area contributed by atoms with Crippen molar-refractivity contribution in [3.8, 4) is 0 Å². The minimum atomic E-state index is -3.92. The van der Waals surface area contributed by atoms with Crippen LogP contribution < -0.4 is 15.9 Å². The molecule has 1 aromatic heterocycles. The second-order valence-electron chi connectivity index (χ2n) is 7.24. The van der Waals surface area contributed by atoms with E-state index in [9.17, 15) is 8.42 Å². The zero-order valence-corrected chi connectivity index (χ0v) is 19.1. The molecule has 0 aliphatic carbocycles. The van der Waals surface area contributed by atoms with Crippen molar-refractivity contribution in [3.63, 3.8) is 0 Å². The second-order valence-corrected chi connectivity index (χ2v) is 14.6. The van der Waals surface area contributed by atoms with Crippen LogP contribution in [-0.2, 0) is 20.3 Å². The quantitative estimate of drug-likeness (QED) is 0.381. The Kier molecular flexibility index (Phi) is 5.65. The Morgan fingerprint density at radius 2 is 1.13 bits per heavy atom. The average molecular weight is 455 g/mol. The molecule has 0 atom stereocenters. The number of hydrogen-bond donors (Lipinski definition) is 0. The van der Waals surface area contributed by atoms with Crippen LogP contribution in [0.2, 0.25) is 0 Å². The van der Waals surface area contributed by atoms with Crippen LogP contribution in [0.1, 0.15) is 4.88 Å². The molecule has 0 saturated heterocycles. The monoisotopic (exact) mass is 454 g/mol. The summed E-state index contributed by atoms with van der Waals surface area (Å²) in [7, 11) is -3.83. The van der Waals surface area contributed by atoms with E-state index in [2.05, 4.69) is 0 Å². The average Bonchev–Trinajstić information content (AvgIpc) is 3.27. The Labute approximate surface area is 182 Å². The van der Waals surface area contributed by atoms with Gasteiger partial charge in [-0.25, -0.2) is 0 Å². The van der Waals surface area contributed by atoms with Gasteiger partial charge in [0.15, 0.2) is 0 Å². The Morgan fingerprint density at radius 1 is 0.700 bits per heavy atom. The van der Waals surface area contributed by atoms with Crippen molar-refractivity contribution in [2.24, 2.45) is 0 Å². The summed E-state index contributed by atoms with van der Waals surface area (Å²) in [6.07, 6.45) is 1.62. The SMILES string of the molecule is CS(=O)(=O)OP(Cc1cccs1)(c1ccccc1)(c1ccccc1)c1ccccc1. The third-order valence-corrected chi connectivity index (χ3v) is 13.8. The molecule has 4 aromatic rings. The van der Waals surface area contributed by atoms with Crippen molar-refractivity contribution in [1.29, 1.82) is 0 Å². The van der Waals surface area contributed by atoms with Gasteiger partial charge in [0.2, 0.25) is 0 Å². The first-order chi connectivity index (χ1) is 14.4. The first-order valence-corrected chi connectivity index (χ1v) is 14.6. The molecule has 0 N–H and O–H groups in total. The van der Waals surface area contributed by atoms with Crippen molar-refractivity contribution in [2.75, 3.05) is 6.26 Å².